The standard InChI is InChI=1S/C14H12O3.C9H13N3O3/c15-12-5-3-10(4-6-12)1-2-11-7-13(16)9-14(17)8-11;10-7-3-4-12(9(14)11-7)8-2-1-6(5-13)15-8/h1-9,15-17H;3-4,6,8,13H,1-2,5H2,(H2,10,11,14)/b2-1+;/t;6-,8+/m.0/s1. The lowest BCUT2D eigenvalue weighted by Crippen LogP contribution is -2.27. The van der Waals surface area contributed by atoms with Crippen molar-refractivity contribution >= 4 is 18.0 Å². The van der Waals surface area contributed by atoms with Crippen LogP contribution in [0.1, 0.15) is 30.2 Å². The summed E-state index contributed by atoms with van der Waals surface area (Å²) in [5.74, 6) is 0.468. The maximum absolute atomic E-state index is 11.5. The quantitative estimate of drug-likeness (QED) is 0.389. The molecule has 2 aromatic carbocycles. The fourth-order valence-electron chi connectivity index (χ4n) is 3.16. The van der Waals surface area contributed by atoms with Crippen LogP contribution in [0.15, 0.2) is 59.5 Å². The van der Waals surface area contributed by atoms with Crippen LogP contribution in [0.2, 0.25) is 0 Å². The number of phenols is 3. The number of rotatable bonds is 4. The summed E-state index contributed by atoms with van der Waals surface area (Å²) in [6.45, 7) is -0.0202. The Labute approximate surface area is 184 Å². The molecule has 9 heteroatoms. The molecule has 2 atom stereocenters. The van der Waals surface area contributed by atoms with Crippen LogP contribution in [-0.2, 0) is 4.74 Å². The van der Waals surface area contributed by atoms with Gasteiger partial charge in [0.05, 0.1) is 12.7 Å². The minimum Gasteiger partial charge on any atom is -0.508 e. The van der Waals surface area contributed by atoms with E-state index in [9.17, 15) is 15.0 Å². The Kier molecular flexibility index (Phi) is 7.48. The van der Waals surface area contributed by atoms with Crippen LogP contribution in [0, 0.1) is 0 Å². The van der Waals surface area contributed by atoms with E-state index in [1.807, 2.05) is 6.08 Å². The smallest absolute Gasteiger partial charge is 0.351 e. The molecule has 0 radical (unpaired) electrons. The number of hydrogen-bond donors (Lipinski definition) is 5. The number of benzene rings is 2. The monoisotopic (exact) mass is 439 g/mol. The minimum atomic E-state index is -0.418. The highest BCUT2D eigenvalue weighted by atomic mass is 16.5. The molecule has 0 saturated carbocycles. The molecule has 2 heterocycles. The molecule has 0 spiro atoms. The number of hydrogen-bond acceptors (Lipinski definition) is 8. The van der Waals surface area contributed by atoms with Gasteiger partial charge in [-0.2, -0.15) is 4.98 Å². The first-order valence-corrected chi connectivity index (χ1v) is 9.95. The Morgan fingerprint density at radius 1 is 0.969 bits per heavy atom. The Morgan fingerprint density at radius 3 is 2.22 bits per heavy atom. The molecule has 168 valence electrons. The summed E-state index contributed by atoms with van der Waals surface area (Å²) in [5, 5.41) is 36.6. The van der Waals surface area contributed by atoms with E-state index in [1.165, 1.54) is 10.6 Å². The van der Waals surface area contributed by atoms with Crippen molar-refractivity contribution in [3.8, 4) is 17.2 Å². The molecule has 1 aliphatic rings. The molecule has 32 heavy (non-hydrogen) atoms. The van der Waals surface area contributed by atoms with Gasteiger partial charge in [0.1, 0.15) is 29.3 Å². The zero-order valence-electron chi connectivity index (χ0n) is 17.2. The molecule has 4 rings (SSSR count). The van der Waals surface area contributed by atoms with E-state index in [0.717, 1.165) is 12.0 Å². The van der Waals surface area contributed by atoms with Gasteiger partial charge < -0.3 is 30.9 Å². The van der Waals surface area contributed by atoms with Gasteiger partial charge in [0.2, 0.25) is 0 Å². The van der Waals surface area contributed by atoms with Crippen molar-refractivity contribution in [2.45, 2.75) is 25.2 Å². The van der Waals surface area contributed by atoms with Crippen LogP contribution in [0.4, 0.5) is 5.82 Å². The number of aromatic nitrogens is 2. The molecule has 1 aliphatic heterocycles. The summed E-state index contributed by atoms with van der Waals surface area (Å²) < 4.78 is 6.84. The van der Waals surface area contributed by atoms with Crippen molar-refractivity contribution in [1.82, 2.24) is 9.55 Å². The number of aromatic hydroxyl groups is 3. The summed E-state index contributed by atoms with van der Waals surface area (Å²) in [6.07, 6.45) is 6.10. The zero-order valence-corrected chi connectivity index (χ0v) is 17.2. The van der Waals surface area contributed by atoms with Gasteiger partial charge in [0, 0.05) is 12.3 Å². The topological polar surface area (TPSA) is 151 Å². The number of anilines is 1. The average Bonchev–Trinajstić information content (AvgIpc) is 3.22. The summed E-state index contributed by atoms with van der Waals surface area (Å²) >= 11 is 0. The fraction of sp³-hybridized carbons (Fsp3) is 0.217. The first kappa shape index (κ1) is 22.9. The lowest BCUT2D eigenvalue weighted by atomic mass is 10.1. The number of aliphatic hydroxyl groups is 1. The highest BCUT2D eigenvalue weighted by Crippen LogP contribution is 2.26. The van der Waals surface area contributed by atoms with Crippen molar-refractivity contribution < 1.29 is 25.2 Å². The van der Waals surface area contributed by atoms with Crippen molar-refractivity contribution in [2.75, 3.05) is 12.3 Å². The summed E-state index contributed by atoms with van der Waals surface area (Å²) in [4.78, 5) is 15.1. The van der Waals surface area contributed by atoms with Gasteiger partial charge >= 0.3 is 5.69 Å². The van der Waals surface area contributed by atoms with E-state index >= 15 is 0 Å². The summed E-state index contributed by atoms with van der Waals surface area (Å²) in [7, 11) is 0. The van der Waals surface area contributed by atoms with Gasteiger partial charge in [0.15, 0.2) is 0 Å². The second-order valence-electron chi connectivity index (χ2n) is 7.22. The first-order valence-electron chi connectivity index (χ1n) is 9.95. The number of aliphatic hydroxyl groups excluding tert-OH is 1. The van der Waals surface area contributed by atoms with Crippen LogP contribution in [0.3, 0.4) is 0 Å². The van der Waals surface area contributed by atoms with Crippen LogP contribution >= 0.6 is 0 Å². The third-order valence-electron chi connectivity index (χ3n) is 4.74. The highest BCUT2D eigenvalue weighted by molar-refractivity contribution is 5.71. The largest absolute Gasteiger partial charge is 0.508 e. The molecule has 0 unspecified atom stereocenters. The number of nitrogen functional groups attached to an aromatic ring is 1. The normalized spacial score (nSPS) is 17.8. The number of nitrogens with two attached hydrogens (primary N) is 1. The van der Waals surface area contributed by atoms with Gasteiger partial charge in [-0.05, 0) is 54.3 Å². The third-order valence-corrected chi connectivity index (χ3v) is 4.74. The predicted octanol–water partition coefficient (Wildman–Crippen LogP) is 2.47. The van der Waals surface area contributed by atoms with Gasteiger partial charge in [-0.3, -0.25) is 4.57 Å². The van der Waals surface area contributed by atoms with Crippen molar-refractivity contribution in [3.05, 3.63) is 76.3 Å². The van der Waals surface area contributed by atoms with E-state index in [4.69, 9.17) is 20.7 Å². The van der Waals surface area contributed by atoms with E-state index < -0.39 is 5.69 Å². The molecule has 1 fully saturated rings. The molecule has 1 aromatic heterocycles. The second-order valence-corrected chi connectivity index (χ2v) is 7.22. The lowest BCUT2D eigenvalue weighted by Gasteiger charge is -2.14. The second kappa shape index (κ2) is 10.5. The Hall–Kier alpha value is -3.82. The summed E-state index contributed by atoms with van der Waals surface area (Å²) in [5.41, 5.74) is 6.58. The van der Waals surface area contributed by atoms with E-state index in [0.29, 0.717) is 12.0 Å². The Balaban J connectivity index is 0.000000182. The van der Waals surface area contributed by atoms with E-state index in [1.54, 1.807) is 54.7 Å². The molecular formula is C23H25N3O6. The van der Waals surface area contributed by atoms with Gasteiger partial charge in [-0.15, -0.1) is 0 Å². The predicted molar refractivity (Wildman–Crippen MR) is 120 cm³/mol. The van der Waals surface area contributed by atoms with Crippen LogP contribution in [0.5, 0.6) is 17.2 Å². The van der Waals surface area contributed by atoms with E-state index in [2.05, 4.69) is 4.98 Å². The SMILES string of the molecule is Nc1ccn([C@H]2CC[C@@H](CO)O2)c(=O)n1.Oc1ccc(/C=C/c2cc(O)cc(O)c2)cc1. The van der Waals surface area contributed by atoms with Gasteiger partial charge in [0.25, 0.3) is 0 Å². The minimum absolute atomic E-state index is 0.0202. The molecule has 1 saturated heterocycles. The fourth-order valence-corrected chi connectivity index (χ4v) is 3.16. The molecule has 0 amide bonds. The van der Waals surface area contributed by atoms with Crippen LogP contribution in [0.25, 0.3) is 12.2 Å². The number of phenolic OH excluding ortho intramolecular Hbond substituents is 3. The van der Waals surface area contributed by atoms with Crippen molar-refractivity contribution in [2.24, 2.45) is 0 Å². The molecule has 6 N–H and O–H groups in total. The number of ether oxygens (including phenoxy) is 1. The Bertz CT molecular complexity index is 1110. The molecule has 0 bridgehead atoms. The average molecular weight is 439 g/mol. The van der Waals surface area contributed by atoms with Crippen molar-refractivity contribution in [1.29, 1.82) is 0 Å². The van der Waals surface area contributed by atoms with Gasteiger partial charge in [-0.25, -0.2) is 4.79 Å². The maximum atomic E-state index is 11.5. The van der Waals surface area contributed by atoms with E-state index in [-0.39, 0.29) is 42.0 Å². The zero-order chi connectivity index (χ0) is 23.1. The highest BCUT2D eigenvalue weighted by Gasteiger charge is 2.26. The summed E-state index contributed by atoms with van der Waals surface area (Å²) in [6, 6.07) is 12.7. The lowest BCUT2D eigenvalue weighted by molar-refractivity contribution is -0.0245. The van der Waals surface area contributed by atoms with Gasteiger partial charge in [-0.1, -0.05) is 24.3 Å². The first-order chi connectivity index (χ1) is 15.3. The van der Waals surface area contributed by atoms with Crippen molar-refractivity contribution in [3.63, 3.8) is 0 Å². The molecule has 0 aliphatic carbocycles. The molecular weight excluding hydrogens is 414 g/mol. The maximum Gasteiger partial charge on any atom is 0.351 e. The number of nitrogens with zero attached hydrogens (tertiary/aromatic N) is 2. The van der Waals surface area contributed by atoms with Crippen LogP contribution < -0.4 is 11.4 Å². The van der Waals surface area contributed by atoms with Crippen LogP contribution in [-0.4, -0.2) is 42.7 Å². The molecule has 3 aromatic rings. The Morgan fingerprint density at radius 2 is 1.62 bits per heavy atom. The third kappa shape index (κ3) is 6.34. The molecule has 9 nitrogen and oxygen atoms in total.